The predicted octanol–water partition coefficient (Wildman–Crippen LogP) is 5.71. The van der Waals surface area contributed by atoms with Gasteiger partial charge in [-0.25, -0.2) is 9.59 Å². The third-order valence-electron chi connectivity index (χ3n) is 6.02. The lowest BCUT2D eigenvalue weighted by Gasteiger charge is -2.17. The van der Waals surface area contributed by atoms with Crippen LogP contribution in [0.1, 0.15) is 46.3 Å². The van der Waals surface area contributed by atoms with Gasteiger partial charge in [0.15, 0.2) is 0 Å². The molecule has 1 unspecified atom stereocenters. The van der Waals surface area contributed by atoms with Crippen molar-refractivity contribution in [1.82, 2.24) is 5.32 Å². The Morgan fingerprint density at radius 3 is 2.23 bits per heavy atom. The SMILES string of the molecule is Cc1cc(Br)c(C(=O)O)cc1NC(=O)CC(C)NC(=O)OCC1c2ccccc2-c2ccccc21. The Kier molecular flexibility index (Phi) is 7.21. The van der Waals surface area contributed by atoms with Gasteiger partial charge in [0.2, 0.25) is 5.91 Å². The molecule has 1 aliphatic carbocycles. The normalized spacial score (nSPS) is 12.9. The van der Waals surface area contributed by atoms with E-state index in [2.05, 4.69) is 38.7 Å². The Bertz CT molecular complexity index is 1260. The first-order valence-electron chi connectivity index (χ1n) is 11.2. The number of aromatic carboxylic acids is 1. The van der Waals surface area contributed by atoms with Crippen LogP contribution in [0.4, 0.5) is 10.5 Å². The van der Waals surface area contributed by atoms with Crippen LogP contribution < -0.4 is 10.6 Å². The molecule has 3 aromatic rings. The summed E-state index contributed by atoms with van der Waals surface area (Å²) in [6, 6.07) is 18.7. The predicted molar refractivity (Wildman–Crippen MR) is 137 cm³/mol. The minimum atomic E-state index is -1.10. The van der Waals surface area contributed by atoms with Gasteiger partial charge in [0.1, 0.15) is 6.61 Å². The second kappa shape index (κ2) is 10.3. The number of aryl methyl sites for hydroxylation is 1. The summed E-state index contributed by atoms with van der Waals surface area (Å²) >= 11 is 3.22. The fraction of sp³-hybridized carbons (Fsp3) is 0.222. The summed E-state index contributed by atoms with van der Waals surface area (Å²) in [6.45, 7) is 3.66. The van der Waals surface area contributed by atoms with Crippen LogP contribution in [0.5, 0.6) is 0 Å². The number of benzene rings is 3. The van der Waals surface area contributed by atoms with E-state index in [0.29, 0.717) is 15.7 Å². The summed E-state index contributed by atoms with van der Waals surface area (Å²) in [7, 11) is 0. The Labute approximate surface area is 211 Å². The third-order valence-corrected chi connectivity index (χ3v) is 6.67. The van der Waals surface area contributed by atoms with Gasteiger partial charge in [0.25, 0.3) is 0 Å². The Morgan fingerprint density at radius 1 is 1.03 bits per heavy atom. The molecule has 3 aromatic carbocycles. The summed E-state index contributed by atoms with van der Waals surface area (Å²) < 4.78 is 5.97. The lowest BCUT2D eigenvalue weighted by atomic mass is 9.98. The van der Waals surface area contributed by atoms with Crippen molar-refractivity contribution in [2.45, 2.75) is 32.2 Å². The molecule has 0 spiro atoms. The van der Waals surface area contributed by atoms with Crippen molar-refractivity contribution in [1.29, 1.82) is 0 Å². The van der Waals surface area contributed by atoms with E-state index in [1.807, 2.05) is 36.4 Å². The Balaban J connectivity index is 1.32. The summed E-state index contributed by atoms with van der Waals surface area (Å²) in [5.74, 6) is -1.49. The van der Waals surface area contributed by atoms with Crippen molar-refractivity contribution >= 4 is 39.6 Å². The van der Waals surface area contributed by atoms with Crippen molar-refractivity contribution in [3.05, 3.63) is 87.4 Å². The van der Waals surface area contributed by atoms with E-state index in [9.17, 15) is 19.5 Å². The van der Waals surface area contributed by atoms with E-state index in [-0.39, 0.29) is 30.4 Å². The number of anilines is 1. The van der Waals surface area contributed by atoms with E-state index in [1.165, 1.54) is 6.07 Å². The molecule has 1 atom stereocenters. The van der Waals surface area contributed by atoms with E-state index >= 15 is 0 Å². The molecular weight excluding hydrogens is 512 g/mol. The Morgan fingerprint density at radius 2 is 1.63 bits per heavy atom. The van der Waals surface area contributed by atoms with Gasteiger partial charge in [-0.3, -0.25) is 4.79 Å². The molecule has 2 amide bonds. The summed E-state index contributed by atoms with van der Waals surface area (Å²) in [5.41, 5.74) is 5.72. The summed E-state index contributed by atoms with van der Waals surface area (Å²) in [6.07, 6.45) is -0.595. The molecule has 0 heterocycles. The zero-order valence-corrected chi connectivity index (χ0v) is 20.9. The molecule has 0 radical (unpaired) electrons. The van der Waals surface area contributed by atoms with Crippen LogP contribution in [0.2, 0.25) is 0 Å². The number of carboxylic acid groups (broad SMARTS) is 1. The van der Waals surface area contributed by atoms with Gasteiger partial charge in [-0.2, -0.15) is 0 Å². The average molecular weight is 537 g/mol. The lowest BCUT2D eigenvalue weighted by molar-refractivity contribution is -0.116. The minimum Gasteiger partial charge on any atom is -0.478 e. The van der Waals surface area contributed by atoms with E-state index in [0.717, 1.165) is 22.3 Å². The second-order valence-corrected chi connectivity index (χ2v) is 9.43. The topological polar surface area (TPSA) is 105 Å². The van der Waals surface area contributed by atoms with Gasteiger partial charge < -0.3 is 20.5 Å². The number of rotatable bonds is 7. The third kappa shape index (κ3) is 5.38. The van der Waals surface area contributed by atoms with Crippen molar-refractivity contribution in [2.75, 3.05) is 11.9 Å². The van der Waals surface area contributed by atoms with Gasteiger partial charge in [0, 0.05) is 28.5 Å². The van der Waals surface area contributed by atoms with Crippen molar-refractivity contribution < 1.29 is 24.2 Å². The number of carbonyl (C=O) groups is 3. The maximum Gasteiger partial charge on any atom is 0.407 e. The minimum absolute atomic E-state index is 0.00209. The highest BCUT2D eigenvalue weighted by molar-refractivity contribution is 9.10. The molecule has 8 heteroatoms. The van der Waals surface area contributed by atoms with Crippen LogP contribution in [-0.2, 0) is 9.53 Å². The van der Waals surface area contributed by atoms with E-state index in [4.69, 9.17) is 4.74 Å². The summed E-state index contributed by atoms with van der Waals surface area (Å²) in [5, 5.41) is 14.7. The molecule has 180 valence electrons. The molecule has 0 saturated carbocycles. The smallest absolute Gasteiger partial charge is 0.407 e. The number of halogens is 1. The molecule has 35 heavy (non-hydrogen) atoms. The van der Waals surface area contributed by atoms with Crippen LogP contribution in [0.25, 0.3) is 11.1 Å². The van der Waals surface area contributed by atoms with E-state index < -0.39 is 18.1 Å². The summed E-state index contributed by atoms with van der Waals surface area (Å²) in [4.78, 5) is 36.3. The molecule has 0 fully saturated rings. The largest absolute Gasteiger partial charge is 0.478 e. The van der Waals surface area contributed by atoms with Gasteiger partial charge in [0.05, 0.1) is 5.56 Å². The lowest BCUT2D eigenvalue weighted by Crippen LogP contribution is -2.36. The molecular formula is C27H25BrN2O5. The zero-order chi connectivity index (χ0) is 25.1. The van der Waals surface area contributed by atoms with Crippen LogP contribution in [0, 0.1) is 6.92 Å². The highest BCUT2D eigenvalue weighted by atomic mass is 79.9. The standard InChI is InChI=1S/C27H25BrN2O5/c1-15-11-23(28)21(26(32)33)13-24(15)30-25(31)12-16(2)29-27(34)35-14-22-19-9-5-3-7-17(19)18-8-4-6-10-20(18)22/h3-11,13,16,22H,12,14H2,1-2H3,(H,29,34)(H,30,31)(H,32,33). The maximum atomic E-state index is 12.5. The van der Waals surface area contributed by atoms with Crippen molar-refractivity contribution in [3.63, 3.8) is 0 Å². The number of alkyl carbamates (subject to hydrolysis) is 1. The van der Waals surface area contributed by atoms with Gasteiger partial charge >= 0.3 is 12.1 Å². The second-order valence-electron chi connectivity index (χ2n) is 8.58. The number of amides is 2. The molecule has 0 saturated heterocycles. The van der Waals surface area contributed by atoms with E-state index in [1.54, 1.807) is 19.9 Å². The van der Waals surface area contributed by atoms with Gasteiger partial charge in [-0.15, -0.1) is 0 Å². The quantitative estimate of drug-likeness (QED) is 0.358. The Hall–Kier alpha value is -3.65. The van der Waals surface area contributed by atoms with Crippen LogP contribution in [0.15, 0.2) is 65.1 Å². The highest BCUT2D eigenvalue weighted by Crippen LogP contribution is 2.44. The molecule has 3 N–H and O–H groups in total. The number of fused-ring (bicyclic) bond motifs is 3. The molecule has 0 aromatic heterocycles. The zero-order valence-electron chi connectivity index (χ0n) is 19.3. The monoisotopic (exact) mass is 536 g/mol. The number of carboxylic acids is 1. The molecule has 7 nitrogen and oxygen atoms in total. The van der Waals surface area contributed by atoms with Crippen molar-refractivity contribution in [2.24, 2.45) is 0 Å². The molecule has 0 aliphatic heterocycles. The van der Waals surface area contributed by atoms with Crippen molar-refractivity contribution in [3.8, 4) is 11.1 Å². The fourth-order valence-electron chi connectivity index (χ4n) is 4.34. The molecule has 0 bridgehead atoms. The maximum absolute atomic E-state index is 12.5. The molecule has 1 aliphatic rings. The molecule has 4 rings (SSSR count). The number of hydrogen-bond donors (Lipinski definition) is 3. The van der Waals surface area contributed by atoms with Crippen LogP contribution >= 0.6 is 15.9 Å². The van der Waals surface area contributed by atoms with Crippen LogP contribution in [-0.4, -0.2) is 35.7 Å². The fourth-order valence-corrected chi connectivity index (χ4v) is 4.97. The number of ether oxygens (including phenoxy) is 1. The van der Waals surface area contributed by atoms with Gasteiger partial charge in [-0.1, -0.05) is 48.5 Å². The first-order valence-corrected chi connectivity index (χ1v) is 12.0. The number of nitrogens with one attached hydrogen (secondary N) is 2. The van der Waals surface area contributed by atoms with Gasteiger partial charge in [-0.05, 0) is 69.7 Å². The average Bonchev–Trinajstić information content (AvgIpc) is 3.13. The number of hydrogen-bond acceptors (Lipinski definition) is 4. The van der Waals surface area contributed by atoms with Crippen LogP contribution in [0.3, 0.4) is 0 Å². The first kappa shape index (κ1) is 24.5. The first-order chi connectivity index (χ1) is 16.7. The number of carbonyl (C=O) groups excluding carboxylic acids is 2. The highest BCUT2D eigenvalue weighted by Gasteiger charge is 2.29.